The van der Waals surface area contributed by atoms with Crippen molar-refractivity contribution in [1.82, 2.24) is 5.32 Å². The highest BCUT2D eigenvalue weighted by Crippen LogP contribution is 2.50. The Labute approximate surface area is 225 Å². The van der Waals surface area contributed by atoms with Crippen molar-refractivity contribution in [3.8, 4) is 0 Å². The standard InChI is InChI=1S/C32H34ClN3O/c1-4-5-20-34-29(22(2)3)30-36-32(25-16-18-26(33)19-17-25)27(23-12-8-6-9-13-23)21-28(35-31(32)37-30)24-14-10-7-11-15-24/h6-19,21-22,27,29,34H,4-5,20H2,1-3H3/t27-,29?,32+/m0/s1. The van der Waals surface area contributed by atoms with Crippen LogP contribution in [0.1, 0.15) is 56.2 Å². The molecule has 0 aromatic heterocycles. The maximum atomic E-state index is 6.67. The van der Waals surface area contributed by atoms with Gasteiger partial charge in [-0.2, -0.15) is 0 Å². The lowest BCUT2D eigenvalue weighted by molar-refractivity contribution is 0.412. The first kappa shape index (κ1) is 25.4. The summed E-state index contributed by atoms with van der Waals surface area (Å²) in [6.45, 7) is 7.53. The molecule has 0 fully saturated rings. The molecule has 0 spiro atoms. The van der Waals surface area contributed by atoms with E-state index in [2.05, 4.69) is 80.7 Å². The maximum absolute atomic E-state index is 6.67. The Hall–Kier alpha value is -3.21. The average Bonchev–Trinajstić information content (AvgIpc) is 3.31. The Morgan fingerprint density at radius 3 is 2.27 bits per heavy atom. The summed E-state index contributed by atoms with van der Waals surface area (Å²) in [5, 5.41) is 4.39. The van der Waals surface area contributed by atoms with E-state index < -0.39 is 5.54 Å². The third kappa shape index (κ3) is 5.01. The van der Waals surface area contributed by atoms with Crippen LogP contribution in [-0.2, 0) is 10.3 Å². The molecule has 0 saturated carbocycles. The van der Waals surface area contributed by atoms with Crippen LogP contribution < -0.4 is 5.32 Å². The lowest BCUT2D eigenvalue weighted by atomic mass is 9.72. The molecular weight excluding hydrogens is 478 g/mol. The lowest BCUT2D eigenvalue weighted by Crippen LogP contribution is -2.42. The van der Waals surface area contributed by atoms with Gasteiger partial charge in [0, 0.05) is 10.9 Å². The summed E-state index contributed by atoms with van der Waals surface area (Å²) in [5.74, 6) is 1.50. The Morgan fingerprint density at radius 2 is 1.62 bits per heavy atom. The highest BCUT2D eigenvalue weighted by atomic mass is 35.5. The number of nitrogens with zero attached hydrogens (tertiary/aromatic N) is 2. The van der Waals surface area contributed by atoms with Crippen molar-refractivity contribution < 1.29 is 4.74 Å². The molecule has 0 saturated heterocycles. The van der Waals surface area contributed by atoms with E-state index in [9.17, 15) is 0 Å². The van der Waals surface area contributed by atoms with Gasteiger partial charge in [-0.25, -0.2) is 9.98 Å². The fourth-order valence-electron chi connectivity index (χ4n) is 5.17. The second-order valence-electron chi connectivity index (χ2n) is 10.1. The van der Waals surface area contributed by atoms with Gasteiger partial charge in [-0.3, -0.25) is 0 Å². The molecule has 3 atom stereocenters. The van der Waals surface area contributed by atoms with Gasteiger partial charge in [0.05, 0.1) is 11.7 Å². The summed E-state index contributed by atoms with van der Waals surface area (Å²) in [5.41, 5.74) is 3.30. The molecule has 190 valence electrons. The number of unbranched alkanes of at least 4 members (excludes halogenated alkanes) is 1. The lowest BCUT2D eigenvalue weighted by Gasteiger charge is -2.35. The summed E-state index contributed by atoms with van der Waals surface area (Å²) in [6, 6.07) is 28.8. The van der Waals surface area contributed by atoms with E-state index in [4.69, 9.17) is 26.3 Å². The van der Waals surface area contributed by atoms with E-state index in [0.717, 1.165) is 41.8 Å². The zero-order valence-corrected chi connectivity index (χ0v) is 22.5. The van der Waals surface area contributed by atoms with E-state index in [1.807, 2.05) is 36.4 Å². The number of nitrogens with one attached hydrogen (secondary N) is 1. The van der Waals surface area contributed by atoms with Gasteiger partial charge in [0.1, 0.15) is 0 Å². The van der Waals surface area contributed by atoms with E-state index in [1.165, 1.54) is 0 Å². The second-order valence-corrected chi connectivity index (χ2v) is 10.5. The molecular formula is C32H34ClN3O. The van der Waals surface area contributed by atoms with E-state index in [-0.39, 0.29) is 12.0 Å². The van der Waals surface area contributed by atoms with Crippen LogP contribution in [0.3, 0.4) is 0 Å². The van der Waals surface area contributed by atoms with Gasteiger partial charge in [0.15, 0.2) is 5.54 Å². The van der Waals surface area contributed by atoms with Crippen LogP contribution >= 0.6 is 11.6 Å². The van der Waals surface area contributed by atoms with Crippen molar-refractivity contribution in [3.63, 3.8) is 0 Å². The summed E-state index contributed by atoms with van der Waals surface area (Å²) in [6.07, 6.45) is 4.48. The quantitative estimate of drug-likeness (QED) is 0.300. The minimum absolute atomic E-state index is 0.0133. The topological polar surface area (TPSA) is 46.0 Å². The average molecular weight is 512 g/mol. The van der Waals surface area contributed by atoms with E-state index in [0.29, 0.717) is 22.7 Å². The van der Waals surface area contributed by atoms with Crippen LogP contribution in [0.4, 0.5) is 0 Å². The van der Waals surface area contributed by atoms with Gasteiger partial charge in [-0.1, -0.05) is 112 Å². The van der Waals surface area contributed by atoms with Crippen molar-refractivity contribution in [2.45, 2.75) is 51.1 Å². The van der Waals surface area contributed by atoms with Crippen LogP contribution in [-0.4, -0.2) is 24.4 Å². The van der Waals surface area contributed by atoms with Gasteiger partial charge >= 0.3 is 0 Å². The SMILES string of the molecule is CCCCNC(C1=N[C@@]2(c3ccc(Cl)cc3)C(=NC(c3ccccc3)=C[C@H]2c2ccccc2)O1)C(C)C. The first-order chi connectivity index (χ1) is 18.0. The van der Waals surface area contributed by atoms with Gasteiger partial charge < -0.3 is 10.1 Å². The van der Waals surface area contributed by atoms with Crippen LogP contribution in [0.25, 0.3) is 5.70 Å². The molecule has 0 bridgehead atoms. The van der Waals surface area contributed by atoms with Gasteiger partial charge in [-0.15, -0.1) is 0 Å². The molecule has 1 N–H and O–H groups in total. The largest absolute Gasteiger partial charge is 0.424 e. The van der Waals surface area contributed by atoms with Gasteiger partial charge in [-0.05, 0) is 53.8 Å². The van der Waals surface area contributed by atoms with Crippen molar-refractivity contribution in [1.29, 1.82) is 0 Å². The molecule has 2 aliphatic rings. The van der Waals surface area contributed by atoms with Crippen molar-refractivity contribution >= 4 is 29.1 Å². The minimum Gasteiger partial charge on any atom is -0.424 e. The summed E-state index contributed by atoms with van der Waals surface area (Å²) < 4.78 is 6.67. The molecule has 0 radical (unpaired) electrons. The predicted octanol–water partition coefficient (Wildman–Crippen LogP) is 7.62. The number of halogens is 1. The molecule has 1 unspecified atom stereocenters. The van der Waals surface area contributed by atoms with Gasteiger partial charge in [0.25, 0.3) is 0 Å². The van der Waals surface area contributed by atoms with Crippen molar-refractivity contribution in [2.24, 2.45) is 15.9 Å². The molecule has 3 aromatic rings. The smallest absolute Gasteiger partial charge is 0.230 e. The Balaban J connectivity index is 1.71. The highest BCUT2D eigenvalue weighted by molar-refractivity contribution is 6.30. The Kier molecular flexibility index (Phi) is 7.59. The zero-order valence-electron chi connectivity index (χ0n) is 21.7. The first-order valence-electron chi connectivity index (χ1n) is 13.2. The normalized spacial score (nSPS) is 21.5. The predicted molar refractivity (Wildman–Crippen MR) is 154 cm³/mol. The molecule has 2 aliphatic heterocycles. The summed E-state index contributed by atoms with van der Waals surface area (Å²) >= 11 is 6.32. The van der Waals surface area contributed by atoms with E-state index >= 15 is 0 Å². The highest BCUT2D eigenvalue weighted by Gasteiger charge is 2.54. The monoisotopic (exact) mass is 511 g/mol. The molecule has 0 amide bonds. The molecule has 37 heavy (non-hydrogen) atoms. The number of benzene rings is 3. The van der Waals surface area contributed by atoms with Crippen LogP contribution in [0.2, 0.25) is 5.02 Å². The Bertz CT molecular complexity index is 1300. The van der Waals surface area contributed by atoms with Gasteiger partial charge in [0.2, 0.25) is 11.8 Å². The number of hydrogen-bond acceptors (Lipinski definition) is 4. The number of rotatable bonds is 9. The zero-order chi connectivity index (χ0) is 25.8. The third-order valence-electron chi connectivity index (χ3n) is 7.15. The number of fused-ring (bicyclic) bond motifs is 1. The number of ether oxygens (including phenoxy) is 1. The van der Waals surface area contributed by atoms with Crippen LogP contribution in [0.15, 0.2) is 101 Å². The van der Waals surface area contributed by atoms with Crippen molar-refractivity contribution in [3.05, 3.63) is 113 Å². The Morgan fingerprint density at radius 1 is 0.946 bits per heavy atom. The minimum atomic E-state index is -0.820. The summed E-state index contributed by atoms with van der Waals surface area (Å²) in [7, 11) is 0. The fourth-order valence-corrected chi connectivity index (χ4v) is 5.30. The molecule has 2 heterocycles. The summed E-state index contributed by atoms with van der Waals surface area (Å²) in [4.78, 5) is 10.6. The second kappa shape index (κ2) is 11.0. The maximum Gasteiger partial charge on any atom is 0.230 e. The molecule has 5 heteroatoms. The first-order valence-corrected chi connectivity index (χ1v) is 13.6. The fraction of sp³-hybridized carbons (Fsp3) is 0.312. The number of aliphatic imine (C=N–C) groups is 2. The molecule has 0 aliphatic carbocycles. The van der Waals surface area contributed by atoms with Crippen LogP contribution in [0.5, 0.6) is 0 Å². The van der Waals surface area contributed by atoms with E-state index in [1.54, 1.807) is 0 Å². The molecule has 4 nitrogen and oxygen atoms in total. The van der Waals surface area contributed by atoms with Crippen LogP contribution in [0, 0.1) is 5.92 Å². The number of hydrogen-bond donors (Lipinski definition) is 1. The van der Waals surface area contributed by atoms with Crippen molar-refractivity contribution in [2.75, 3.05) is 6.54 Å². The molecule has 5 rings (SSSR count). The molecule has 3 aromatic carbocycles. The third-order valence-corrected chi connectivity index (χ3v) is 7.40.